The average Bonchev–Trinajstić information content (AvgIpc) is 2.45. The number of amides is 1. The molecule has 0 aliphatic rings. The molecule has 2 atom stereocenters. The third kappa shape index (κ3) is 7.66. The van der Waals surface area contributed by atoms with Crippen LogP contribution < -0.4 is 10.6 Å². The number of alkyl carbamates (subject to hydrolysis) is 1. The third-order valence-corrected chi connectivity index (χ3v) is 3.33. The molecule has 0 saturated heterocycles. The maximum absolute atomic E-state index is 11.7. The number of carbonyl (C=O) groups excluding carboxylic acids is 1. The smallest absolute Gasteiger partial charge is 0.407 e. The molecular formula is C18H27N3O2. The van der Waals surface area contributed by atoms with E-state index in [9.17, 15) is 4.79 Å². The lowest BCUT2D eigenvalue weighted by Gasteiger charge is -2.22. The van der Waals surface area contributed by atoms with Gasteiger partial charge in [0.05, 0.1) is 11.6 Å². The number of benzene rings is 1. The lowest BCUT2D eigenvalue weighted by atomic mass is 10.1. The van der Waals surface area contributed by atoms with Crippen molar-refractivity contribution in [2.24, 2.45) is 0 Å². The molecule has 0 aromatic heterocycles. The van der Waals surface area contributed by atoms with Crippen molar-refractivity contribution in [3.63, 3.8) is 0 Å². The van der Waals surface area contributed by atoms with Crippen LogP contribution in [-0.4, -0.2) is 24.3 Å². The monoisotopic (exact) mass is 317 g/mol. The predicted octanol–water partition coefficient (Wildman–Crippen LogP) is 3.51. The zero-order chi connectivity index (χ0) is 17.5. The minimum atomic E-state index is -0.480. The van der Waals surface area contributed by atoms with Gasteiger partial charge in [-0.3, -0.25) is 0 Å². The van der Waals surface area contributed by atoms with Crippen molar-refractivity contribution in [2.45, 2.75) is 58.7 Å². The Morgan fingerprint density at radius 3 is 2.39 bits per heavy atom. The van der Waals surface area contributed by atoms with Crippen molar-refractivity contribution in [3.05, 3.63) is 35.4 Å². The Bertz CT molecular complexity index is 541. The van der Waals surface area contributed by atoms with Gasteiger partial charge in [0.2, 0.25) is 0 Å². The van der Waals surface area contributed by atoms with Crippen LogP contribution >= 0.6 is 0 Å². The topological polar surface area (TPSA) is 74.2 Å². The Morgan fingerprint density at radius 1 is 1.26 bits per heavy atom. The first-order valence-electron chi connectivity index (χ1n) is 7.94. The van der Waals surface area contributed by atoms with Gasteiger partial charge in [0, 0.05) is 12.1 Å². The van der Waals surface area contributed by atoms with Crippen LogP contribution in [-0.2, 0) is 4.74 Å². The molecule has 5 heteroatoms. The summed E-state index contributed by atoms with van der Waals surface area (Å²) in [6, 6.07) is 9.89. The van der Waals surface area contributed by atoms with E-state index in [2.05, 4.69) is 23.6 Å². The summed E-state index contributed by atoms with van der Waals surface area (Å²) in [5.41, 5.74) is 1.32. The molecule has 1 rings (SSSR count). The highest BCUT2D eigenvalue weighted by Crippen LogP contribution is 2.13. The van der Waals surface area contributed by atoms with Crippen LogP contribution in [0.2, 0.25) is 0 Å². The van der Waals surface area contributed by atoms with Crippen molar-refractivity contribution in [3.8, 4) is 6.07 Å². The Hall–Kier alpha value is -2.06. The van der Waals surface area contributed by atoms with Crippen LogP contribution in [0.3, 0.4) is 0 Å². The fraction of sp³-hybridized carbons (Fsp3) is 0.556. The van der Waals surface area contributed by atoms with Crippen LogP contribution in [0.25, 0.3) is 0 Å². The van der Waals surface area contributed by atoms with E-state index >= 15 is 0 Å². The van der Waals surface area contributed by atoms with Crippen LogP contribution in [0, 0.1) is 11.3 Å². The van der Waals surface area contributed by atoms with E-state index in [0.717, 1.165) is 18.5 Å². The number of nitrogens with zero attached hydrogens (tertiary/aromatic N) is 1. The fourth-order valence-electron chi connectivity index (χ4n) is 2.06. The minimum Gasteiger partial charge on any atom is -0.444 e. The predicted molar refractivity (Wildman–Crippen MR) is 91.0 cm³/mol. The van der Waals surface area contributed by atoms with E-state index in [1.54, 1.807) is 0 Å². The summed E-state index contributed by atoms with van der Waals surface area (Å²) >= 11 is 0. The van der Waals surface area contributed by atoms with Gasteiger partial charge in [-0.15, -0.1) is 0 Å². The first-order valence-corrected chi connectivity index (χ1v) is 7.94. The lowest BCUT2D eigenvalue weighted by molar-refractivity contribution is 0.0506. The Morgan fingerprint density at radius 2 is 1.87 bits per heavy atom. The number of ether oxygens (including phenoxy) is 1. The molecule has 126 valence electrons. The van der Waals surface area contributed by atoms with Crippen molar-refractivity contribution >= 4 is 6.09 Å². The van der Waals surface area contributed by atoms with Gasteiger partial charge in [-0.2, -0.15) is 5.26 Å². The molecule has 1 amide bonds. The fourth-order valence-corrected chi connectivity index (χ4v) is 2.06. The van der Waals surface area contributed by atoms with Crippen LogP contribution in [0.15, 0.2) is 24.3 Å². The summed E-state index contributed by atoms with van der Waals surface area (Å²) in [6.07, 6.45) is 0.421. The average molecular weight is 317 g/mol. The SMILES string of the molecule is CC(CCNC(C)c1ccc(C#N)cc1)NC(=O)OC(C)(C)C. The number of hydrogen-bond acceptors (Lipinski definition) is 4. The van der Waals surface area contributed by atoms with Gasteiger partial charge in [-0.05, 0) is 65.3 Å². The van der Waals surface area contributed by atoms with Crippen LogP contribution in [0.1, 0.15) is 58.2 Å². The number of carbonyl (C=O) groups is 1. The van der Waals surface area contributed by atoms with Crippen LogP contribution in [0.4, 0.5) is 4.79 Å². The number of hydrogen-bond donors (Lipinski definition) is 2. The summed E-state index contributed by atoms with van der Waals surface area (Å²) in [5, 5.41) is 15.0. The van der Waals surface area contributed by atoms with E-state index in [-0.39, 0.29) is 18.2 Å². The summed E-state index contributed by atoms with van der Waals surface area (Å²) < 4.78 is 5.23. The molecule has 2 N–H and O–H groups in total. The number of rotatable bonds is 6. The van der Waals surface area contributed by atoms with Gasteiger partial charge >= 0.3 is 6.09 Å². The highest BCUT2D eigenvalue weighted by atomic mass is 16.6. The van der Waals surface area contributed by atoms with Crippen molar-refractivity contribution < 1.29 is 9.53 Å². The molecule has 23 heavy (non-hydrogen) atoms. The second-order valence-electron chi connectivity index (χ2n) is 6.75. The van der Waals surface area contributed by atoms with Gasteiger partial charge in [0.25, 0.3) is 0 Å². The van der Waals surface area contributed by atoms with Crippen molar-refractivity contribution in [1.82, 2.24) is 10.6 Å². The zero-order valence-corrected chi connectivity index (χ0v) is 14.6. The second-order valence-corrected chi connectivity index (χ2v) is 6.75. The maximum atomic E-state index is 11.7. The lowest BCUT2D eigenvalue weighted by Crippen LogP contribution is -2.39. The zero-order valence-electron chi connectivity index (χ0n) is 14.6. The summed E-state index contributed by atoms with van der Waals surface area (Å²) in [5.74, 6) is 0. The van der Waals surface area contributed by atoms with E-state index in [4.69, 9.17) is 10.00 Å². The highest BCUT2D eigenvalue weighted by molar-refractivity contribution is 5.67. The van der Waals surface area contributed by atoms with Crippen molar-refractivity contribution in [2.75, 3.05) is 6.54 Å². The second kappa shape index (κ2) is 8.54. The molecule has 1 aromatic rings. The Labute approximate surface area is 139 Å². The quantitative estimate of drug-likeness (QED) is 0.842. The molecule has 0 aliphatic carbocycles. The largest absolute Gasteiger partial charge is 0.444 e. The molecule has 2 unspecified atom stereocenters. The Balaban J connectivity index is 2.32. The van der Waals surface area contributed by atoms with Gasteiger partial charge in [0.1, 0.15) is 5.60 Å². The van der Waals surface area contributed by atoms with E-state index in [1.165, 1.54) is 0 Å². The number of nitriles is 1. The first-order chi connectivity index (χ1) is 10.7. The number of nitrogens with one attached hydrogen (secondary N) is 2. The van der Waals surface area contributed by atoms with E-state index in [1.807, 2.05) is 52.0 Å². The van der Waals surface area contributed by atoms with Gasteiger partial charge in [0.15, 0.2) is 0 Å². The first kappa shape index (κ1) is 19.0. The minimum absolute atomic E-state index is 0.0329. The summed E-state index contributed by atoms with van der Waals surface area (Å²) in [4.78, 5) is 11.7. The molecule has 1 aromatic carbocycles. The molecule has 0 fully saturated rings. The standard InChI is InChI=1S/C18H27N3O2/c1-13(21-17(22)23-18(3,4)5)10-11-20-14(2)16-8-6-15(12-19)7-9-16/h6-9,13-14,20H,10-11H2,1-5H3,(H,21,22). The molecule has 0 radical (unpaired) electrons. The normalized spacial score (nSPS) is 13.7. The van der Waals surface area contributed by atoms with E-state index in [0.29, 0.717) is 5.56 Å². The molecule has 0 spiro atoms. The summed E-state index contributed by atoms with van der Waals surface area (Å²) in [7, 11) is 0. The van der Waals surface area contributed by atoms with Crippen molar-refractivity contribution in [1.29, 1.82) is 5.26 Å². The maximum Gasteiger partial charge on any atom is 0.407 e. The Kier molecular flexibility index (Phi) is 7.05. The molecule has 0 bridgehead atoms. The van der Waals surface area contributed by atoms with Crippen LogP contribution in [0.5, 0.6) is 0 Å². The molecule has 0 aliphatic heterocycles. The van der Waals surface area contributed by atoms with Gasteiger partial charge < -0.3 is 15.4 Å². The molecule has 0 saturated carbocycles. The molecule has 5 nitrogen and oxygen atoms in total. The van der Waals surface area contributed by atoms with Gasteiger partial charge in [-0.1, -0.05) is 12.1 Å². The molecular weight excluding hydrogens is 290 g/mol. The third-order valence-electron chi connectivity index (χ3n) is 3.33. The summed E-state index contributed by atoms with van der Waals surface area (Å²) in [6.45, 7) is 10.3. The highest BCUT2D eigenvalue weighted by Gasteiger charge is 2.17. The molecule has 0 heterocycles. The van der Waals surface area contributed by atoms with Gasteiger partial charge in [-0.25, -0.2) is 4.79 Å². The van der Waals surface area contributed by atoms with E-state index < -0.39 is 5.60 Å².